The van der Waals surface area contributed by atoms with Crippen LogP contribution in [0.1, 0.15) is 21.5 Å². The second-order valence-electron chi connectivity index (χ2n) is 6.47. The van der Waals surface area contributed by atoms with Crippen LogP contribution in [0.5, 0.6) is 11.5 Å². The molecule has 3 rings (SSSR count). The molecule has 0 spiro atoms. The van der Waals surface area contributed by atoms with Crippen LogP contribution >= 0.6 is 0 Å². The van der Waals surface area contributed by atoms with Gasteiger partial charge < -0.3 is 10.1 Å². The third-order valence-electron chi connectivity index (χ3n) is 4.27. The van der Waals surface area contributed by atoms with Crippen molar-refractivity contribution >= 4 is 23.6 Å². The van der Waals surface area contributed by atoms with Crippen molar-refractivity contribution in [1.82, 2.24) is 5.48 Å². The van der Waals surface area contributed by atoms with Crippen molar-refractivity contribution in [1.29, 1.82) is 0 Å². The fraction of sp³-hybridized carbons (Fsp3) is 0.0435. The lowest BCUT2D eigenvalue weighted by atomic mass is 10.1. The van der Waals surface area contributed by atoms with E-state index in [1.165, 1.54) is 35.8 Å². The van der Waals surface area contributed by atoms with Gasteiger partial charge in [0.25, 0.3) is 11.8 Å². The van der Waals surface area contributed by atoms with E-state index in [0.717, 1.165) is 18.2 Å². The number of hydroxylamine groups is 1. The van der Waals surface area contributed by atoms with Crippen LogP contribution in [0.2, 0.25) is 0 Å². The van der Waals surface area contributed by atoms with Gasteiger partial charge in [-0.2, -0.15) is 13.2 Å². The van der Waals surface area contributed by atoms with Crippen molar-refractivity contribution in [3.8, 4) is 11.5 Å². The predicted molar refractivity (Wildman–Crippen MR) is 111 cm³/mol. The maximum Gasteiger partial charge on any atom is 0.416 e. The van der Waals surface area contributed by atoms with E-state index in [2.05, 4.69) is 5.32 Å². The van der Waals surface area contributed by atoms with E-state index in [1.54, 1.807) is 36.4 Å². The van der Waals surface area contributed by atoms with Gasteiger partial charge in [-0.3, -0.25) is 14.8 Å². The zero-order chi connectivity index (χ0) is 23.1. The van der Waals surface area contributed by atoms with E-state index >= 15 is 0 Å². The van der Waals surface area contributed by atoms with Crippen molar-refractivity contribution in [2.24, 2.45) is 0 Å². The van der Waals surface area contributed by atoms with Crippen molar-refractivity contribution in [2.75, 3.05) is 5.32 Å². The molecule has 3 N–H and O–H groups in total. The summed E-state index contributed by atoms with van der Waals surface area (Å²) < 4.78 is 43.9. The minimum Gasteiger partial charge on any atom is -0.457 e. The summed E-state index contributed by atoms with van der Waals surface area (Å²) >= 11 is 0. The fourth-order valence-corrected chi connectivity index (χ4v) is 2.73. The largest absolute Gasteiger partial charge is 0.457 e. The summed E-state index contributed by atoms with van der Waals surface area (Å²) in [5.74, 6) is -0.976. The first-order valence-electron chi connectivity index (χ1n) is 9.24. The Balaban J connectivity index is 1.81. The zero-order valence-electron chi connectivity index (χ0n) is 16.4. The lowest BCUT2D eigenvalue weighted by Gasteiger charge is -2.13. The van der Waals surface area contributed by atoms with E-state index in [1.807, 2.05) is 0 Å². The molecule has 3 aromatic carbocycles. The van der Waals surface area contributed by atoms with Gasteiger partial charge in [0.05, 0.1) is 11.1 Å². The molecule has 0 atom stereocenters. The number of halogens is 3. The Kier molecular flexibility index (Phi) is 6.91. The fourth-order valence-electron chi connectivity index (χ4n) is 2.73. The minimum absolute atomic E-state index is 0.136. The van der Waals surface area contributed by atoms with Gasteiger partial charge in [-0.1, -0.05) is 30.3 Å². The molecule has 0 aromatic heterocycles. The molecule has 2 amide bonds. The van der Waals surface area contributed by atoms with Gasteiger partial charge in [-0.05, 0) is 54.1 Å². The first-order valence-corrected chi connectivity index (χ1v) is 9.24. The summed E-state index contributed by atoms with van der Waals surface area (Å²) in [5.41, 5.74) is 1.71. The monoisotopic (exact) mass is 442 g/mol. The Hall–Kier alpha value is -4.11. The molecule has 3 aromatic rings. The quantitative estimate of drug-likeness (QED) is 0.276. The van der Waals surface area contributed by atoms with E-state index in [0.29, 0.717) is 11.3 Å². The number of carbonyl (C=O) groups is 2. The zero-order valence-corrected chi connectivity index (χ0v) is 16.4. The molecule has 6 nitrogen and oxygen atoms in total. The maximum atomic E-state index is 12.9. The number of rotatable bonds is 6. The highest BCUT2D eigenvalue weighted by atomic mass is 19.4. The number of alkyl halides is 3. The number of para-hydroxylation sites is 2. The molecule has 164 valence electrons. The summed E-state index contributed by atoms with van der Waals surface area (Å²) in [6.45, 7) is 0. The lowest BCUT2D eigenvalue weighted by Crippen LogP contribution is -2.15. The van der Waals surface area contributed by atoms with Crippen molar-refractivity contribution in [3.05, 3.63) is 95.6 Å². The molecule has 0 saturated heterocycles. The lowest BCUT2D eigenvalue weighted by molar-refractivity contribution is -0.137. The van der Waals surface area contributed by atoms with Crippen LogP contribution in [-0.2, 0) is 11.0 Å². The second kappa shape index (κ2) is 9.80. The summed E-state index contributed by atoms with van der Waals surface area (Å²) in [5, 5.41) is 11.3. The van der Waals surface area contributed by atoms with Crippen LogP contribution in [0.25, 0.3) is 6.08 Å². The highest BCUT2D eigenvalue weighted by Crippen LogP contribution is 2.32. The average Bonchev–Trinajstić information content (AvgIpc) is 2.78. The summed E-state index contributed by atoms with van der Waals surface area (Å²) in [7, 11) is 0. The highest BCUT2D eigenvalue weighted by molar-refractivity contribution is 6.07. The van der Waals surface area contributed by atoms with Crippen LogP contribution < -0.4 is 15.5 Å². The number of hydrogen-bond acceptors (Lipinski definition) is 4. The molecule has 0 bridgehead atoms. The van der Waals surface area contributed by atoms with Gasteiger partial charge in [0.15, 0.2) is 0 Å². The Morgan fingerprint density at radius 2 is 1.56 bits per heavy atom. The smallest absolute Gasteiger partial charge is 0.416 e. The summed E-state index contributed by atoms with van der Waals surface area (Å²) in [6.07, 6.45) is -1.96. The highest BCUT2D eigenvalue weighted by Gasteiger charge is 2.30. The molecule has 0 fully saturated rings. The number of ether oxygens (including phenoxy) is 1. The molecule has 9 heteroatoms. The third-order valence-corrected chi connectivity index (χ3v) is 4.27. The molecule has 0 heterocycles. The van der Waals surface area contributed by atoms with Gasteiger partial charge >= 0.3 is 6.18 Å². The Labute approximate surface area is 180 Å². The maximum absolute atomic E-state index is 12.9. The first kappa shape index (κ1) is 22.6. The standard InChI is InChI=1S/C23H17F3N2O4/c24-23(25,26)16-10-12-17(13-11-16)32-20-8-4-2-6-18(20)22(30)27-19-7-3-1-5-15(19)9-14-21(29)28-31/h1-14,31H,(H,27,30)(H,28,29)/b14-9+. The number of benzene rings is 3. The number of hydrogen-bond donors (Lipinski definition) is 3. The van der Waals surface area contributed by atoms with Crippen LogP contribution in [0.3, 0.4) is 0 Å². The van der Waals surface area contributed by atoms with Crippen molar-refractivity contribution in [3.63, 3.8) is 0 Å². The number of nitrogens with one attached hydrogen (secondary N) is 2. The molecule has 0 saturated carbocycles. The van der Waals surface area contributed by atoms with Crippen LogP contribution in [-0.4, -0.2) is 17.0 Å². The number of anilines is 1. The van der Waals surface area contributed by atoms with Gasteiger partial charge in [0, 0.05) is 11.8 Å². The average molecular weight is 442 g/mol. The molecule has 0 aliphatic rings. The molecule has 0 aliphatic heterocycles. The second-order valence-corrected chi connectivity index (χ2v) is 6.47. The Morgan fingerprint density at radius 3 is 2.25 bits per heavy atom. The number of amides is 2. The van der Waals surface area contributed by atoms with E-state index in [9.17, 15) is 22.8 Å². The summed E-state index contributed by atoms with van der Waals surface area (Å²) in [4.78, 5) is 24.1. The van der Waals surface area contributed by atoms with Gasteiger partial charge in [0.2, 0.25) is 0 Å². The molecule has 0 unspecified atom stereocenters. The molecular weight excluding hydrogens is 425 g/mol. The molecule has 32 heavy (non-hydrogen) atoms. The van der Waals surface area contributed by atoms with E-state index in [4.69, 9.17) is 9.94 Å². The van der Waals surface area contributed by atoms with Gasteiger partial charge in [-0.25, -0.2) is 5.48 Å². The first-order chi connectivity index (χ1) is 15.3. The van der Waals surface area contributed by atoms with Crippen LogP contribution in [0.15, 0.2) is 78.9 Å². The van der Waals surface area contributed by atoms with E-state index in [-0.39, 0.29) is 17.1 Å². The molecule has 0 aliphatic carbocycles. The molecular formula is C23H17F3N2O4. The van der Waals surface area contributed by atoms with Crippen molar-refractivity contribution < 1.29 is 32.7 Å². The SMILES string of the molecule is O=C(/C=C/c1ccccc1NC(=O)c1ccccc1Oc1ccc(C(F)(F)F)cc1)NO. The van der Waals surface area contributed by atoms with Crippen LogP contribution in [0.4, 0.5) is 18.9 Å². The van der Waals surface area contributed by atoms with Gasteiger partial charge in [0.1, 0.15) is 11.5 Å². The Bertz CT molecular complexity index is 1140. The minimum atomic E-state index is -4.46. The molecule has 0 radical (unpaired) electrons. The van der Waals surface area contributed by atoms with Crippen LogP contribution in [0, 0.1) is 0 Å². The van der Waals surface area contributed by atoms with Crippen molar-refractivity contribution in [2.45, 2.75) is 6.18 Å². The summed E-state index contributed by atoms with van der Waals surface area (Å²) in [6, 6.07) is 17.1. The predicted octanol–water partition coefficient (Wildman–Crippen LogP) is 5.27. The Morgan fingerprint density at radius 1 is 0.906 bits per heavy atom. The number of carbonyl (C=O) groups excluding carboxylic acids is 2. The third kappa shape index (κ3) is 5.73. The van der Waals surface area contributed by atoms with Gasteiger partial charge in [-0.15, -0.1) is 0 Å². The topological polar surface area (TPSA) is 87.7 Å². The van der Waals surface area contributed by atoms with E-state index < -0.39 is 23.6 Å². The normalized spacial score (nSPS) is 11.2.